The molecule has 1 N–H and O–H groups in total. The normalized spacial score (nSPS) is 14.0. The maximum Gasteiger partial charge on any atom is 0.312 e. The number of anilines is 1. The molecule has 0 saturated carbocycles. The fourth-order valence-corrected chi connectivity index (χ4v) is 3.16. The Hall–Kier alpha value is -3.02. The van der Waals surface area contributed by atoms with Crippen LogP contribution >= 0.6 is 0 Å². The van der Waals surface area contributed by atoms with E-state index < -0.39 is 11.8 Å². The first-order valence-electron chi connectivity index (χ1n) is 9.09. The highest BCUT2D eigenvalue weighted by atomic mass is 16.5. The summed E-state index contributed by atoms with van der Waals surface area (Å²) in [5, 5.41) is 2.73. The average Bonchev–Trinajstić information content (AvgIpc) is 2.72. The van der Waals surface area contributed by atoms with Gasteiger partial charge in [0.15, 0.2) is 0 Å². The molecule has 0 radical (unpaired) electrons. The van der Waals surface area contributed by atoms with Gasteiger partial charge in [-0.1, -0.05) is 24.3 Å². The van der Waals surface area contributed by atoms with Crippen molar-refractivity contribution in [1.82, 2.24) is 10.2 Å². The lowest BCUT2D eigenvalue weighted by molar-refractivity contribution is -0.146. The van der Waals surface area contributed by atoms with Crippen molar-refractivity contribution in [3.63, 3.8) is 0 Å². The van der Waals surface area contributed by atoms with E-state index >= 15 is 0 Å². The van der Waals surface area contributed by atoms with Gasteiger partial charge in [-0.2, -0.15) is 0 Å². The number of ether oxygens (including phenoxy) is 1. The van der Waals surface area contributed by atoms with Crippen molar-refractivity contribution in [1.29, 1.82) is 0 Å². The Bertz CT molecular complexity index is 797. The monoisotopic (exact) mass is 367 g/mol. The molecule has 142 valence electrons. The highest BCUT2D eigenvalue weighted by Gasteiger charge is 2.26. The van der Waals surface area contributed by atoms with Crippen molar-refractivity contribution < 1.29 is 14.3 Å². The predicted octanol–water partition coefficient (Wildman–Crippen LogP) is 1.97. The van der Waals surface area contributed by atoms with Crippen LogP contribution in [0.2, 0.25) is 0 Å². The maximum atomic E-state index is 12.4. The van der Waals surface area contributed by atoms with Gasteiger partial charge in [-0.25, -0.2) is 0 Å². The molecule has 1 fully saturated rings. The number of carbonyl (C=O) groups is 2. The smallest absolute Gasteiger partial charge is 0.312 e. The van der Waals surface area contributed by atoms with Gasteiger partial charge in [0.25, 0.3) is 0 Å². The van der Waals surface area contributed by atoms with Crippen LogP contribution in [-0.4, -0.2) is 50.0 Å². The minimum atomic E-state index is -0.545. The van der Waals surface area contributed by atoms with Crippen molar-refractivity contribution >= 4 is 17.5 Å². The third kappa shape index (κ3) is 4.58. The van der Waals surface area contributed by atoms with E-state index in [2.05, 4.69) is 10.2 Å². The number of methoxy groups -OCH3 is 1. The molecular weight excluding hydrogens is 342 g/mol. The number of hydrogen-bond acceptors (Lipinski definition) is 4. The number of nitrogens with one attached hydrogen (secondary N) is 1. The number of amides is 2. The van der Waals surface area contributed by atoms with Gasteiger partial charge in [0, 0.05) is 38.4 Å². The summed E-state index contributed by atoms with van der Waals surface area (Å²) in [5.74, 6) is -0.188. The van der Waals surface area contributed by atoms with Gasteiger partial charge in [0.1, 0.15) is 5.75 Å². The molecule has 0 unspecified atom stereocenters. The number of rotatable bonds is 4. The highest BCUT2D eigenvalue weighted by molar-refractivity contribution is 6.35. The van der Waals surface area contributed by atoms with Crippen LogP contribution in [0.1, 0.15) is 11.1 Å². The van der Waals surface area contributed by atoms with Crippen LogP contribution < -0.4 is 15.0 Å². The molecule has 0 spiro atoms. The predicted molar refractivity (Wildman–Crippen MR) is 105 cm³/mol. The molecule has 0 bridgehead atoms. The van der Waals surface area contributed by atoms with E-state index in [1.165, 1.54) is 0 Å². The van der Waals surface area contributed by atoms with E-state index in [0.29, 0.717) is 32.7 Å². The molecule has 2 amide bonds. The lowest BCUT2D eigenvalue weighted by Gasteiger charge is -2.35. The quantitative estimate of drug-likeness (QED) is 0.840. The maximum absolute atomic E-state index is 12.4. The molecule has 1 aliphatic heterocycles. The molecule has 0 aromatic heterocycles. The molecular formula is C21H25N3O3. The summed E-state index contributed by atoms with van der Waals surface area (Å²) in [6.45, 7) is 4.81. The summed E-state index contributed by atoms with van der Waals surface area (Å²) in [6.07, 6.45) is 0. The molecule has 2 aromatic carbocycles. The lowest BCUT2D eigenvalue weighted by Crippen LogP contribution is -2.52. The van der Waals surface area contributed by atoms with E-state index in [0.717, 1.165) is 22.6 Å². The van der Waals surface area contributed by atoms with Crippen molar-refractivity contribution in [2.45, 2.75) is 13.5 Å². The van der Waals surface area contributed by atoms with E-state index in [1.54, 1.807) is 12.0 Å². The molecule has 27 heavy (non-hydrogen) atoms. The van der Waals surface area contributed by atoms with Crippen molar-refractivity contribution in [3.05, 3.63) is 59.7 Å². The Kier molecular flexibility index (Phi) is 5.96. The number of nitrogens with zero attached hydrogens (tertiary/aromatic N) is 2. The molecule has 0 atom stereocenters. The fourth-order valence-electron chi connectivity index (χ4n) is 3.16. The van der Waals surface area contributed by atoms with Crippen LogP contribution in [0.15, 0.2) is 48.5 Å². The van der Waals surface area contributed by atoms with Crippen LogP contribution in [0.4, 0.5) is 5.69 Å². The van der Waals surface area contributed by atoms with Gasteiger partial charge < -0.3 is 19.9 Å². The van der Waals surface area contributed by atoms with E-state index in [4.69, 9.17) is 4.74 Å². The van der Waals surface area contributed by atoms with Crippen molar-refractivity contribution in [3.8, 4) is 5.75 Å². The third-order valence-electron chi connectivity index (χ3n) is 4.90. The third-order valence-corrected chi connectivity index (χ3v) is 4.90. The zero-order valence-electron chi connectivity index (χ0n) is 15.8. The largest absolute Gasteiger partial charge is 0.497 e. The van der Waals surface area contributed by atoms with Gasteiger partial charge in [-0.15, -0.1) is 0 Å². The first-order chi connectivity index (χ1) is 13.1. The van der Waals surface area contributed by atoms with Crippen LogP contribution in [0.25, 0.3) is 0 Å². The molecule has 6 nitrogen and oxygen atoms in total. The van der Waals surface area contributed by atoms with Crippen LogP contribution in [0.5, 0.6) is 5.75 Å². The standard InChI is InChI=1S/C21H25N3O3/c1-16-5-3-4-6-17(16)15-22-20(25)21(26)24-13-11-23(12-14-24)18-7-9-19(27-2)10-8-18/h3-10H,11-15H2,1-2H3,(H,22,25). The molecule has 1 aliphatic rings. The first kappa shape index (κ1) is 18.8. The second-order valence-corrected chi connectivity index (χ2v) is 6.59. The Morgan fingerprint density at radius 2 is 1.67 bits per heavy atom. The zero-order chi connectivity index (χ0) is 19.2. The van der Waals surface area contributed by atoms with Gasteiger partial charge in [-0.05, 0) is 42.3 Å². The van der Waals surface area contributed by atoms with Gasteiger partial charge in [0.2, 0.25) is 0 Å². The Morgan fingerprint density at radius 3 is 2.30 bits per heavy atom. The Morgan fingerprint density at radius 1 is 1.00 bits per heavy atom. The van der Waals surface area contributed by atoms with Crippen LogP contribution in [0.3, 0.4) is 0 Å². The highest BCUT2D eigenvalue weighted by Crippen LogP contribution is 2.20. The van der Waals surface area contributed by atoms with Gasteiger partial charge in [0.05, 0.1) is 7.11 Å². The molecule has 2 aromatic rings. The summed E-state index contributed by atoms with van der Waals surface area (Å²) >= 11 is 0. The first-order valence-corrected chi connectivity index (χ1v) is 9.09. The van der Waals surface area contributed by atoms with E-state index in [-0.39, 0.29) is 0 Å². The van der Waals surface area contributed by atoms with Crippen LogP contribution in [0, 0.1) is 6.92 Å². The van der Waals surface area contributed by atoms with Gasteiger partial charge >= 0.3 is 11.8 Å². The van der Waals surface area contributed by atoms with Crippen molar-refractivity contribution in [2.75, 3.05) is 38.2 Å². The van der Waals surface area contributed by atoms with Gasteiger partial charge in [-0.3, -0.25) is 9.59 Å². The number of piperazine rings is 1. The number of aryl methyl sites for hydroxylation is 1. The van der Waals surface area contributed by atoms with Crippen molar-refractivity contribution in [2.24, 2.45) is 0 Å². The average molecular weight is 367 g/mol. The summed E-state index contributed by atoms with van der Waals surface area (Å²) in [6, 6.07) is 15.7. The Labute approximate surface area is 159 Å². The summed E-state index contributed by atoms with van der Waals surface area (Å²) in [7, 11) is 1.64. The van der Waals surface area contributed by atoms with E-state index in [9.17, 15) is 9.59 Å². The second-order valence-electron chi connectivity index (χ2n) is 6.59. The second kappa shape index (κ2) is 8.58. The minimum absolute atomic E-state index is 0.364. The zero-order valence-corrected chi connectivity index (χ0v) is 15.8. The summed E-state index contributed by atoms with van der Waals surface area (Å²) < 4.78 is 5.18. The topological polar surface area (TPSA) is 61.9 Å². The number of carbonyl (C=O) groups excluding carboxylic acids is 2. The fraction of sp³-hybridized carbons (Fsp3) is 0.333. The minimum Gasteiger partial charge on any atom is -0.497 e. The molecule has 6 heteroatoms. The molecule has 1 heterocycles. The molecule has 1 saturated heterocycles. The SMILES string of the molecule is COc1ccc(N2CCN(C(=O)C(=O)NCc3ccccc3C)CC2)cc1. The summed E-state index contributed by atoms with van der Waals surface area (Å²) in [4.78, 5) is 28.5. The summed E-state index contributed by atoms with van der Waals surface area (Å²) in [5.41, 5.74) is 3.20. The number of benzene rings is 2. The number of hydrogen-bond donors (Lipinski definition) is 1. The molecule has 0 aliphatic carbocycles. The van der Waals surface area contributed by atoms with Crippen LogP contribution in [-0.2, 0) is 16.1 Å². The molecule has 3 rings (SSSR count). The van der Waals surface area contributed by atoms with E-state index in [1.807, 2.05) is 55.5 Å². The lowest BCUT2D eigenvalue weighted by atomic mass is 10.1. The Balaban J connectivity index is 1.50.